The number of aliphatic hydroxyl groups is 1. The fourth-order valence-electron chi connectivity index (χ4n) is 3.87. The van der Waals surface area contributed by atoms with E-state index >= 15 is 0 Å². The van der Waals surface area contributed by atoms with Gasteiger partial charge in [0.05, 0.1) is 24.2 Å². The number of aliphatic hydroxyl groups excluding tert-OH is 1. The SMILES string of the molecule is Cc1ccc2nc(Cn3ccc4c(-c5ccccc5CO)cncc4c3=O)cn2c1. The second-order valence-corrected chi connectivity index (χ2v) is 7.42. The first-order valence-electron chi connectivity index (χ1n) is 9.74. The minimum Gasteiger partial charge on any atom is -0.392 e. The maximum atomic E-state index is 13.2. The molecule has 0 bridgehead atoms. The molecule has 0 atom stereocenters. The van der Waals surface area contributed by atoms with Gasteiger partial charge in [0.1, 0.15) is 5.65 Å². The van der Waals surface area contributed by atoms with Crippen molar-refractivity contribution in [2.45, 2.75) is 20.1 Å². The minimum atomic E-state index is -0.114. The summed E-state index contributed by atoms with van der Waals surface area (Å²) in [6, 6.07) is 13.5. The molecule has 4 heterocycles. The molecule has 0 radical (unpaired) electrons. The summed E-state index contributed by atoms with van der Waals surface area (Å²) in [5.41, 5.74) is 5.23. The van der Waals surface area contributed by atoms with E-state index in [-0.39, 0.29) is 12.2 Å². The van der Waals surface area contributed by atoms with Crippen molar-refractivity contribution in [1.82, 2.24) is 18.9 Å². The molecule has 5 aromatic rings. The maximum absolute atomic E-state index is 13.2. The number of pyridine rings is 3. The van der Waals surface area contributed by atoms with Crippen LogP contribution >= 0.6 is 0 Å². The van der Waals surface area contributed by atoms with E-state index in [1.54, 1.807) is 23.2 Å². The van der Waals surface area contributed by atoms with Gasteiger partial charge in [-0.25, -0.2) is 4.98 Å². The van der Waals surface area contributed by atoms with E-state index in [0.29, 0.717) is 11.9 Å². The monoisotopic (exact) mass is 396 g/mol. The lowest BCUT2D eigenvalue weighted by molar-refractivity contribution is 0.282. The predicted molar refractivity (Wildman–Crippen MR) is 116 cm³/mol. The standard InChI is InChI=1S/C24H20N4O2/c1-16-6-7-23-26-18(14-28(23)12-16)13-27-9-8-20-21(10-25-11-22(20)24(27)30)19-5-3-2-4-17(19)15-29/h2-12,14,29H,13,15H2,1H3. The Hall–Kier alpha value is -3.77. The summed E-state index contributed by atoms with van der Waals surface area (Å²) >= 11 is 0. The van der Waals surface area contributed by atoms with Gasteiger partial charge in [0.15, 0.2) is 0 Å². The molecule has 0 unspecified atom stereocenters. The van der Waals surface area contributed by atoms with E-state index < -0.39 is 0 Å². The Morgan fingerprint density at radius 3 is 2.70 bits per heavy atom. The van der Waals surface area contributed by atoms with Gasteiger partial charge in [0, 0.05) is 36.5 Å². The third kappa shape index (κ3) is 3.07. The van der Waals surface area contributed by atoms with Crippen molar-refractivity contribution in [3.8, 4) is 11.1 Å². The van der Waals surface area contributed by atoms with E-state index in [0.717, 1.165) is 39.0 Å². The molecule has 1 N–H and O–H groups in total. The van der Waals surface area contributed by atoms with E-state index in [9.17, 15) is 9.90 Å². The van der Waals surface area contributed by atoms with Crippen LogP contribution < -0.4 is 5.56 Å². The van der Waals surface area contributed by atoms with Crippen molar-refractivity contribution < 1.29 is 5.11 Å². The normalized spacial score (nSPS) is 11.4. The fourth-order valence-corrected chi connectivity index (χ4v) is 3.87. The molecule has 0 amide bonds. The first kappa shape index (κ1) is 18.3. The van der Waals surface area contributed by atoms with Crippen molar-refractivity contribution in [2.75, 3.05) is 0 Å². The Labute approximate surface area is 172 Å². The largest absolute Gasteiger partial charge is 0.392 e. The number of benzene rings is 1. The Morgan fingerprint density at radius 2 is 1.83 bits per heavy atom. The third-order valence-electron chi connectivity index (χ3n) is 5.36. The fraction of sp³-hybridized carbons (Fsp3) is 0.125. The summed E-state index contributed by atoms with van der Waals surface area (Å²) in [4.78, 5) is 22.1. The van der Waals surface area contributed by atoms with Crippen LogP contribution in [0.15, 0.2) is 78.2 Å². The van der Waals surface area contributed by atoms with Crippen molar-refractivity contribution in [1.29, 1.82) is 0 Å². The van der Waals surface area contributed by atoms with Gasteiger partial charge in [-0.3, -0.25) is 9.78 Å². The molecule has 30 heavy (non-hydrogen) atoms. The van der Waals surface area contributed by atoms with Gasteiger partial charge in [-0.1, -0.05) is 30.3 Å². The van der Waals surface area contributed by atoms with E-state index in [2.05, 4.69) is 9.97 Å². The van der Waals surface area contributed by atoms with Crippen molar-refractivity contribution in [3.63, 3.8) is 0 Å². The summed E-state index contributed by atoms with van der Waals surface area (Å²) in [7, 11) is 0. The highest BCUT2D eigenvalue weighted by Crippen LogP contribution is 2.29. The number of fused-ring (bicyclic) bond motifs is 2. The zero-order chi connectivity index (χ0) is 20.7. The quantitative estimate of drug-likeness (QED) is 0.504. The lowest BCUT2D eigenvalue weighted by atomic mass is 9.97. The number of imidazole rings is 1. The Balaban J connectivity index is 1.60. The molecule has 0 aliphatic rings. The molecule has 0 aliphatic carbocycles. The summed E-state index contributed by atoms with van der Waals surface area (Å²) < 4.78 is 3.63. The molecular formula is C24H20N4O2. The van der Waals surface area contributed by atoms with Crippen LogP contribution in [0.2, 0.25) is 0 Å². The van der Waals surface area contributed by atoms with E-state index in [4.69, 9.17) is 0 Å². The molecular weight excluding hydrogens is 376 g/mol. The lowest BCUT2D eigenvalue weighted by Gasteiger charge is -2.11. The second kappa shape index (κ2) is 7.24. The van der Waals surface area contributed by atoms with Crippen molar-refractivity contribution >= 4 is 16.4 Å². The van der Waals surface area contributed by atoms with Crippen LogP contribution in [-0.4, -0.2) is 24.0 Å². The number of aromatic nitrogens is 4. The Kier molecular flexibility index (Phi) is 4.41. The van der Waals surface area contributed by atoms with Gasteiger partial charge in [-0.2, -0.15) is 0 Å². The number of nitrogens with zero attached hydrogens (tertiary/aromatic N) is 4. The Bertz CT molecular complexity index is 1450. The maximum Gasteiger partial charge on any atom is 0.260 e. The topological polar surface area (TPSA) is 72.4 Å². The Morgan fingerprint density at radius 1 is 0.967 bits per heavy atom. The summed E-state index contributed by atoms with van der Waals surface area (Å²) in [5.74, 6) is 0. The lowest BCUT2D eigenvalue weighted by Crippen LogP contribution is -2.20. The number of rotatable bonds is 4. The molecule has 6 nitrogen and oxygen atoms in total. The van der Waals surface area contributed by atoms with Crippen LogP contribution in [0.1, 0.15) is 16.8 Å². The molecule has 6 heteroatoms. The van der Waals surface area contributed by atoms with Crippen LogP contribution in [0.4, 0.5) is 0 Å². The molecule has 5 rings (SSSR count). The van der Waals surface area contributed by atoms with Crippen LogP contribution in [-0.2, 0) is 13.2 Å². The number of hydrogen-bond acceptors (Lipinski definition) is 4. The smallest absolute Gasteiger partial charge is 0.260 e. The second-order valence-electron chi connectivity index (χ2n) is 7.42. The van der Waals surface area contributed by atoms with Gasteiger partial charge in [0.25, 0.3) is 5.56 Å². The van der Waals surface area contributed by atoms with Crippen LogP contribution in [0.25, 0.3) is 27.5 Å². The van der Waals surface area contributed by atoms with Crippen molar-refractivity contribution in [3.05, 3.63) is 101 Å². The van der Waals surface area contributed by atoms with Gasteiger partial charge in [-0.05, 0) is 41.1 Å². The molecule has 0 fully saturated rings. The zero-order valence-electron chi connectivity index (χ0n) is 16.5. The number of hydrogen-bond donors (Lipinski definition) is 1. The summed E-state index contributed by atoms with van der Waals surface area (Å²) in [5, 5.41) is 11.1. The first-order valence-corrected chi connectivity index (χ1v) is 9.74. The highest BCUT2D eigenvalue weighted by molar-refractivity contribution is 5.95. The van der Waals surface area contributed by atoms with Gasteiger partial charge >= 0.3 is 0 Å². The molecule has 4 aromatic heterocycles. The summed E-state index contributed by atoms with van der Waals surface area (Å²) in [6.45, 7) is 2.34. The predicted octanol–water partition coefficient (Wildman–Crippen LogP) is 3.56. The molecule has 0 saturated carbocycles. The highest BCUT2D eigenvalue weighted by atomic mass is 16.3. The number of aryl methyl sites for hydroxylation is 1. The zero-order valence-corrected chi connectivity index (χ0v) is 16.5. The van der Waals surface area contributed by atoms with Crippen LogP contribution in [0.3, 0.4) is 0 Å². The van der Waals surface area contributed by atoms with Gasteiger partial charge in [-0.15, -0.1) is 0 Å². The molecule has 0 spiro atoms. The van der Waals surface area contributed by atoms with Crippen molar-refractivity contribution in [2.24, 2.45) is 0 Å². The van der Waals surface area contributed by atoms with E-state index in [1.807, 2.05) is 66.2 Å². The molecule has 1 aromatic carbocycles. The molecule has 0 aliphatic heterocycles. The van der Waals surface area contributed by atoms with Gasteiger partial charge < -0.3 is 14.1 Å². The summed E-state index contributed by atoms with van der Waals surface area (Å²) in [6.07, 6.45) is 9.11. The van der Waals surface area contributed by atoms with E-state index in [1.165, 1.54) is 0 Å². The van der Waals surface area contributed by atoms with Crippen LogP contribution in [0, 0.1) is 6.92 Å². The third-order valence-corrected chi connectivity index (χ3v) is 5.36. The molecule has 0 saturated heterocycles. The van der Waals surface area contributed by atoms with Crippen LogP contribution in [0.5, 0.6) is 0 Å². The average molecular weight is 396 g/mol. The highest BCUT2D eigenvalue weighted by Gasteiger charge is 2.12. The van der Waals surface area contributed by atoms with Gasteiger partial charge in [0.2, 0.25) is 0 Å². The average Bonchev–Trinajstić information content (AvgIpc) is 3.17. The first-order chi connectivity index (χ1) is 14.6. The minimum absolute atomic E-state index is 0.0724. The molecule has 148 valence electrons.